The van der Waals surface area contributed by atoms with Gasteiger partial charge in [-0.3, -0.25) is 0 Å². The number of aromatic nitrogens is 1. The molecule has 1 fully saturated rings. The number of aryl methyl sites for hydroxylation is 1. The summed E-state index contributed by atoms with van der Waals surface area (Å²) >= 11 is 0. The van der Waals surface area contributed by atoms with E-state index in [4.69, 9.17) is 9.47 Å². The molecule has 158 valence electrons. The van der Waals surface area contributed by atoms with Crippen LogP contribution < -0.4 is 4.74 Å². The van der Waals surface area contributed by atoms with Crippen LogP contribution in [-0.2, 0) is 10.9 Å². The van der Waals surface area contributed by atoms with Crippen LogP contribution in [0.5, 0.6) is 5.75 Å². The van der Waals surface area contributed by atoms with Crippen molar-refractivity contribution in [3.8, 4) is 17.0 Å². The van der Waals surface area contributed by atoms with Gasteiger partial charge in [-0.1, -0.05) is 6.07 Å². The summed E-state index contributed by atoms with van der Waals surface area (Å²) in [5.74, 6) is 0.241. The Kier molecular flexibility index (Phi) is 6.11. The normalized spacial score (nSPS) is 27.7. The van der Waals surface area contributed by atoms with E-state index < -0.39 is 49.2 Å². The van der Waals surface area contributed by atoms with Crippen LogP contribution in [0.2, 0.25) is 0 Å². The molecule has 5 atom stereocenters. The van der Waals surface area contributed by atoms with Crippen LogP contribution >= 0.6 is 0 Å². The number of alkyl halides is 3. The second kappa shape index (κ2) is 8.25. The van der Waals surface area contributed by atoms with Crippen molar-refractivity contribution in [2.45, 2.75) is 43.8 Å². The minimum atomic E-state index is -4.56. The van der Waals surface area contributed by atoms with Crippen LogP contribution in [-0.4, -0.2) is 62.7 Å². The average molecular weight is 415 g/mol. The summed E-state index contributed by atoms with van der Waals surface area (Å²) in [6.07, 6.45) is -11.7. The van der Waals surface area contributed by atoms with Crippen molar-refractivity contribution in [1.29, 1.82) is 0 Å². The lowest BCUT2D eigenvalue weighted by Crippen LogP contribution is -2.60. The van der Waals surface area contributed by atoms with Crippen molar-refractivity contribution in [3.05, 3.63) is 47.7 Å². The maximum atomic E-state index is 12.9. The van der Waals surface area contributed by atoms with E-state index >= 15 is 0 Å². The molecule has 0 radical (unpaired) electrons. The zero-order valence-corrected chi connectivity index (χ0v) is 15.2. The molecule has 4 N–H and O–H groups in total. The average Bonchev–Trinajstić information content (AvgIpc) is 2.69. The smallest absolute Gasteiger partial charge is 0.433 e. The third kappa shape index (κ3) is 4.51. The van der Waals surface area contributed by atoms with Crippen molar-refractivity contribution in [2.24, 2.45) is 0 Å². The second-order valence-corrected chi connectivity index (χ2v) is 6.70. The van der Waals surface area contributed by atoms with E-state index in [1.54, 1.807) is 13.0 Å². The van der Waals surface area contributed by atoms with Crippen LogP contribution in [0, 0.1) is 6.92 Å². The molecule has 0 saturated carbocycles. The number of nitrogens with zero attached hydrogens (tertiary/aromatic N) is 1. The van der Waals surface area contributed by atoms with E-state index in [9.17, 15) is 33.6 Å². The van der Waals surface area contributed by atoms with Crippen molar-refractivity contribution < 1.29 is 43.1 Å². The Morgan fingerprint density at radius 2 is 1.79 bits per heavy atom. The minimum Gasteiger partial charge on any atom is -0.462 e. The molecule has 1 aliphatic heterocycles. The Labute approximate surface area is 164 Å². The first kappa shape index (κ1) is 21.5. The first-order valence-corrected chi connectivity index (χ1v) is 8.74. The van der Waals surface area contributed by atoms with Crippen LogP contribution in [0.1, 0.15) is 11.3 Å². The summed E-state index contributed by atoms with van der Waals surface area (Å²) in [4.78, 5) is 3.63. The lowest BCUT2D eigenvalue weighted by Gasteiger charge is -2.39. The number of ether oxygens (including phenoxy) is 2. The highest BCUT2D eigenvalue weighted by Crippen LogP contribution is 2.32. The Morgan fingerprint density at radius 1 is 1.07 bits per heavy atom. The minimum absolute atomic E-state index is 0.127. The monoisotopic (exact) mass is 415 g/mol. The van der Waals surface area contributed by atoms with Gasteiger partial charge in [0.1, 0.15) is 35.9 Å². The van der Waals surface area contributed by atoms with Crippen molar-refractivity contribution in [3.63, 3.8) is 0 Å². The fourth-order valence-electron chi connectivity index (χ4n) is 2.98. The highest BCUT2D eigenvalue weighted by molar-refractivity contribution is 5.62. The van der Waals surface area contributed by atoms with Gasteiger partial charge in [-0.15, -0.1) is 0 Å². The van der Waals surface area contributed by atoms with Crippen molar-refractivity contribution >= 4 is 0 Å². The molecule has 0 spiro atoms. The largest absolute Gasteiger partial charge is 0.462 e. The van der Waals surface area contributed by atoms with Gasteiger partial charge >= 0.3 is 6.18 Å². The molecule has 0 bridgehead atoms. The number of aliphatic hydroxyl groups is 4. The highest BCUT2D eigenvalue weighted by atomic mass is 19.4. The molecule has 10 heteroatoms. The quantitative estimate of drug-likeness (QED) is 0.595. The first-order chi connectivity index (χ1) is 13.6. The van der Waals surface area contributed by atoms with Crippen LogP contribution in [0.25, 0.3) is 11.3 Å². The summed E-state index contributed by atoms with van der Waals surface area (Å²) in [6, 6.07) is 8.11. The van der Waals surface area contributed by atoms with Gasteiger partial charge in [0.25, 0.3) is 0 Å². The third-order valence-corrected chi connectivity index (χ3v) is 4.60. The maximum Gasteiger partial charge on any atom is 0.433 e. The zero-order chi connectivity index (χ0) is 21.3. The molecule has 7 nitrogen and oxygen atoms in total. The lowest BCUT2D eigenvalue weighted by atomic mass is 9.99. The summed E-state index contributed by atoms with van der Waals surface area (Å²) < 4.78 is 49.5. The van der Waals surface area contributed by atoms with E-state index in [0.717, 1.165) is 6.07 Å². The lowest BCUT2D eigenvalue weighted by molar-refractivity contribution is -0.277. The molecule has 0 amide bonds. The molecular weight excluding hydrogens is 395 g/mol. The topological polar surface area (TPSA) is 112 Å². The molecule has 1 aromatic carbocycles. The van der Waals surface area contributed by atoms with Crippen LogP contribution in [0.3, 0.4) is 0 Å². The highest BCUT2D eigenvalue weighted by Gasteiger charge is 2.44. The van der Waals surface area contributed by atoms with Crippen molar-refractivity contribution in [1.82, 2.24) is 4.98 Å². The van der Waals surface area contributed by atoms with Gasteiger partial charge in [0.2, 0.25) is 6.29 Å². The van der Waals surface area contributed by atoms with Gasteiger partial charge in [-0.2, -0.15) is 13.2 Å². The molecule has 29 heavy (non-hydrogen) atoms. The molecular formula is C19H20F3NO6. The molecule has 1 aliphatic rings. The number of hydrogen-bond acceptors (Lipinski definition) is 7. The van der Waals surface area contributed by atoms with Crippen LogP contribution in [0.15, 0.2) is 36.4 Å². The molecule has 3 rings (SSSR count). The van der Waals surface area contributed by atoms with E-state index in [1.165, 1.54) is 24.3 Å². The fraction of sp³-hybridized carbons (Fsp3) is 0.421. The number of aliphatic hydroxyl groups excluding tert-OH is 4. The Balaban J connectivity index is 1.82. The van der Waals surface area contributed by atoms with Gasteiger partial charge in [-0.25, -0.2) is 4.98 Å². The SMILES string of the molecule is Cc1cc(-c2cccc(C(F)(F)F)n2)ccc1O[C@H]1O[C@H](CO)[C@@H](O)[C@H](O)[C@@H]1O. The predicted octanol–water partition coefficient (Wildman–Crippen LogP) is 1.25. The summed E-state index contributed by atoms with van der Waals surface area (Å²) in [7, 11) is 0. The summed E-state index contributed by atoms with van der Waals surface area (Å²) in [5.41, 5.74) is 0.0602. The number of halogens is 3. The number of hydrogen-bond donors (Lipinski definition) is 4. The second-order valence-electron chi connectivity index (χ2n) is 6.70. The number of rotatable bonds is 4. The Morgan fingerprint density at radius 3 is 2.41 bits per heavy atom. The summed E-state index contributed by atoms with van der Waals surface area (Å²) in [5, 5.41) is 38.9. The molecule has 1 saturated heterocycles. The van der Waals surface area contributed by atoms with Gasteiger partial charge in [0.15, 0.2) is 0 Å². The van der Waals surface area contributed by atoms with E-state index in [0.29, 0.717) is 11.1 Å². The fourth-order valence-corrected chi connectivity index (χ4v) is 2.98. The standard InChI is InChI=1S/C19H20F3NO6/c1-9-7-10(11-3-2-4-14(23-11)19(20,21)22)5-6-12(9)28-18-17(27)16(26)15(25)13(8-24)29-18/h2-7,13,15-18,24-27H,8H2,1H3/t13-,15-,16+,17+,18+/m1/s1. The van der Waals surface area contributed by atoms with Gasteiger partial charge in [0.05, 0.1) is 12.3 Å². The molecule has 2 aromatic rings. The molecule has 2 heterocycles. The van der Waals surface area contributed by atoms with E-state index in [2.05, 4.69) is 4.98 Å². The first-order valence-electron chi connectivity index (χ1n) is 8.74. The molecule has 0 aliphatic carbocycles. The van der Waals surface area contributed by atoms with Gasteiger partial charge in [-0.05, 0) is 42.8 Å². The van der Waals surface area contributed by atoms with Gasteiger partial charge < -0.3 is 29.9 Å². The molecule has 1 aromatic heterocycles. The maximum absolute atomic E-state index is 12.9. The Hall–Kier alpha value is -2.24. The third-order valence-electron chi connectivity index (χ3n) is 4.60. The van der Waals surface area contributed by atoms with Gasteiger partial charge in [0, 0.05) is 5.56 Å². The Bertz CT molecular complexity index is 860. The van der Waals surface area contributed by atoms with E-state index in [1.807, 2.05) is 0 Å². The van der Waals surface area contributed by atoms with Crippen molar-refractivity contribution in [2.75, 3.05) is 6.61 Å². The van der Waals surface area contributed by atoms with E-state index in [-0.39, 0.29) is 11.4 Å². The number of pyridine rings is 1. The number of benzene rings is 1. The van der Waals surface area contributed by atoms with Crippen LogP contribution in [0.4, 0.5) is 13.2 Å². The predicted molar refractivity (Wildman–Crippen MR) is 93.8 cm³/mol. The summed E-state index contributed by atoms with van der Waals surface area (Å²) in [6.45, 7) is 1.04. The zero-order valence-electron chi connectivity index (χ0n) is 15.2. The molecule has 0 unspecified atom stereocenters.